The van der Waals surface area contributed by atoms with E-state index >= 15 is 0 Å². The van der Waals surface area contributed by atoms with Crippen molar-refractivity contribution in [3.8, 4) is 11.1 Å². The number of benzene rings is 4. The fourth-order valence-electron chi connectivity index (χ4n) is 5.45. The van der Waals surface area contributed by atoms with Crippen LogP contribution in [0.15, 0.2) is 94.5 Å². The second-order valence-corrected chi connectivity index (χ2v) is 8.68. The molecular weight excluding hydrogens is 438 g/mol. The molecule has 1 heterocycles. The average Bonchev–Trinajstić information content (AvgIpc) is 3.34. The van der Waals surface area contributed by atoms with Crippen LogP contribution in [0.25, 0.3) is 65.3 Å². The van der Waals surface area contributed by atoms with E-state index in [1.807, 2.05) is 24.3 Å². The molecule has 6 aromatic carbocycles. The number of hydrogen-bond acceptors (Lipinski definition) is 5. The highest BCUT2D eigenvalue weighted by molar-refractivity contribution is 6.27. The maximum absolute atomic E-state index is 13.7. The van der Waals surface area contributed by atoms with Gasteiger partial charge in [0.05, 0.1) is 27.8 Å². The summed E-state index contributed by atoms with van der Waals surface area (Å²) in [5.41, 5.74) is 1.48. The maximum atomic E-state index is 13.7. The fraction of sp³-hybridized carbons (Fsp3) is 0. The van der Waals surface area contributed by atoms with E-state index in [-0.39, 0.29) is 16.4 Å². The molecule has 0 fully saturated rings. The average molecular weight is 452 g/mol. The van der Waals surface area contributed by atoms with Crippen molar-refractivity contribution in [1.82, 2.24) is 4.98 Å². The zero-order valence-corrected chi connectivity index (χ0v) is 18.2. The number of carbonyl (C=O) groups excluding carboxylic acids is 1. The number of nitrogens with zero attached hydrogens (tertiary/aromatic N) is 1. The van der Waals surface area contributed by atoms with Gasteiger partial charge in [0.1, 0.15) is 0 Å². The van der Waals surface area contributed by atoms with E-state index in [9.17, 15) is 19.5 Å². The van der Waals surface area contributed by atoms with Gasteiger partial charge in [0.2, 0.25) is 0 Å². The number of aromatic carboxylic acids is 1. The van der Waals surface area contributed by atoms with Gasteiger partial charge in [0, 0.05) is 32.7 Å². The Hall–Kier alpha value is -4.90. The van der Waals surface area contributed by atoms with Gasteiger partial charge in [-0.1, -0.05) is 84.9 Å². The van der Waals surface area contributed by atoms with Crippen molar-refractivity contribution in [3.05, 3.63) is 111 Å². The minimum absolute atomic E-state index is 0.00309. The van der Waals surface area contributed by atoms with E-state index in [0.29, 0.717) is 65.3 Å². The molecule has 0 atom stereocenters. The Kier molecular flexibility index (Phi) is 3.80. The summed E-state index contributed by atoms with van der Waals surface area (Å²) in [6, 6.07) is 24.8. The van der Waals surface area contributed by atoms with Crippen molar-refractivity contribution in [2.24, 2.45) is 0 Å². The molecule has 0 amide bonds. The van der Waals surface area contributed by atoms with E-state index in [0.717, 1.165) is 0 Å². The minimum atomic E-state index is -1.32. The van der Waals surface area contributed by atoms with Crippen molar-refractivity contribution in [2.75, 3.05) is 0 Å². The molecule has 35 heavy (non-hydrogen) atoms. The topological polar surface area (TPSA) is 87.2 Å². The van der Waals surface area contributed by atoms with Crippen molar-refractivity contribution in [2.45, 2.75) is 0 Å². The highest BCUT2D eigenvalue weighted by Gasteiger charge is 2.25. The van der Waals surface area contributed by atoms with Crippen molar-refractivity contribution < 1.29 is 9.90 Å². The first-order valence-corrected chi connectivity index (χ1v) is 11.2. The van der Waals surface area contributed by atoms with Gasteiger partial charge in [-0.05, 0) is 16.3 Å². The number of hydrogen-bond donors (Lipinski definition) is 0. The molecule has 7 rings (SSSR count). The molecule has 0 radical (unpaired) electrons. The molecule has 0 N–H and O–H groups in total. The highest BCUT2D eigenvalue weighted by Crippen LogP contribution is 2.41. The first kappa shape index (κ1) is 19.6. The second-order valence-electron chi connectivity index (χ2n) is 8.68. The zero-order valence-electron chi connectivity index (χ0n) is 18.2. The molecule has 7 aromatic rings. The van der Waals surface area contributed by atoms with Gasteiger partial charge >= 0.3 is 0 Å². The molecule has 5 nitrogen and oxygen atoms in total. The molecule has 164 valence electrons. The van der Waals surface area contributed by atoms with Gasteiger partial charge in [-0.15, -0.1) is 0 Å². The number of fused-ring (bicyclic) bond motifs is 7. The Morgan fingerprint density at radius 1 is 0.600 bits per heavy atom. The Bertz CT molecular complexity index is 2020. The van der Waals surface area contributed by atoms with E-state index in [1.165, 1.54) is 6.07 Å². The SMILES string of the molecule is O=C([O-])c1cccc2cccc(-c3c4c(=O)c5ccccc5c4nc4c3c(=O)c3ccccc34)c12. The summed E-state index contributed by atoms with van der Waals surface area (Å²) < 4.78 is 0. The molecule has 0 aliphatic carbocycles. The van der Waals surface area contributed by atoms with Gasteiger partial charge < -0.3 is 9.90 Å². The number of pyridine rings is 1. The van der Waals surface area contributed by atoms with Gasteiger partial charge in [-0.2, -0.15) is 0 Å². The quantitative estimate of drug-likeness (QED) is 0.386. The lowest BCUT2D eigenvalue weighted by atomic mass is 9.91. The summed E-state index contributed by atoms with van der Waals surface area (Å²) in [6.45, 7) is 0. The maximum Gasteiger partial charge on any atom is 0.196 e. The third kappa shape index (κ3) is 2.47. The predicted octanol–water partition coefficient (Wildman–Crippen LogP) is 4.47. The van der Waals surface area contributed by atoms with E-state index in [1.54, 1.807) is 54.6 Å². The molecule has 0 aliphatic heterocycles. The van der Waals surface area contributed by atoms with Crippen molar-refractivity contribution >= 4 is 60.1 Å². The number of rotatable bonds is 2. The van der Waals surface area contributed by atoms with Crippen LogP contribution in [-0.2, 0) is 0 Å². The van der Waals surface area contributed by atoms with Crippen LogP contribution in [0.4, 0.5) is 0 Å². The van der Waals surface area contributed by atoms with Gasteiger partial charge in [-0.3, -0.25) is 9.59 Å². The Balaban J connectivity index is 1.85. The van der Waals surface area contributed by atoms with Crippen LogP contribution in [0, 0.1) is 0 Å². The third-order valence-corrected chi connectivity index (χ3v) is 6.90. The van der Waals surface area contributed by atoms with Crippen LogP contribution < -0.4 is 16.0 Å². The molecule has 0 aliphatic rings. The number of carbonyl (C=O) groups is 1. The summed E-state index contributed by atoms with van der Waals surface area (Å²) in [6.07, 6.45) is 0. The summed E-state index contributed by atoms with van der Waals surface area (Å²) >= 11 is 0. The third-order valence-electron chi connectivity index (χ3n) is 6.90. The summed E-state index contributed by atoms with van der Waals surface area (Å²) in [4.78, 5) is 44.4. The van der Waals surface area contributed by atoms with Crippen molar-refractivity contribution in [1.29, 1.82) is 0 Å². The lowest BCUT2D eigenvalue weighted by Crippen LogP contribution is -2.22. The van der Waals surface area contributed by atoms with Gasteiger partial charge in [0.15, 0.2) is 10.9 Å². The normalized spacial score (nSPS) is 11.9. The Morgan fingerprint density at radius 3 is 1.66 bits per heavy atom. The van der Waals surface area contributed by atoms with E-state index in [2.05, 4.69) is 0 Å². The van der Waals surface area contributed by atoms with Crippen LogP contribution in [0.3, 0.4) is 0 Å². The van der Waals surface area contributed by atoms with Crippen LogP contribution in [0.5, 0.6) is 0 Å². The molecule has 0 unspecified atom stereocenters. The molecule has 0 bridgehead atoms. The summed E-state index contributed by atoms with van der Waals surface area (Å²) in [5.74, 6) is -1.32. The lowest BCUT2D eigenvalue weighted by molar-refractivity contribution is -0.254. The number of carboxylic acid groups (broad SMARTS) is 1. The first-order valence-electron chi connectivity index (χ1n) is 11.2. The monoisotopic (exact) mass is 452 g/mol. The summed E-state index contributed by atoms with van der Waals surface area (Å²) in [5, 5.41) is 16.3. The highest BCUT2D eigenvalue weighted by atomic mass is 16.4. The van der Waals surface area contributed by atoms with Crippen molar-refractivity contribution in [3.63, 3.8) is 0 Å². The zero-order chi connectivity index (χ0) is 23.8. The molecule has 0 spiro atoms. The van der Waals surface area contributed by atoms with Crippen LogP contribution in [-0.4, -0.2) is 11.0 Å². The lowest BCUT2D eigenvalue weighted by Gasteiger charge is -2.14. The molecule has 1 aromatic heterocycles. The molecule has 0 saturated carbocycles. The fourth-order valence-corrected chi connectivity index (χ4v) is 5.45. The van der Waals surface area contributed by atoms with E-state index in [4.69, 9.17) is 4.98 Å². The number of carboxylic acids is 1. The predicted molar refractivity (Wildman–Crippen MR) is 136 cm³/mol. The second kappa shape index (κ2) is 6.81. The van der Waals surface area contributed by atoms with Crippen LogP contribution in [0.2, 0.25) is 0 Å². The Morgan fingerprint density at radius 2 is 1.11 bits per heavy atom. The van der Waals surface area contributed by atoms with E-state index < -0.39 is 5.97 Å². The van der Waals surface area contributed by atoms with Crippen LogP contribution >= 0.6 is 0 Å². The minimum Gasteiger partial charge on any atom is -0.545 e. The smallest absolute Gasteiger partial charge is 0.196 e. The standard InChI is InChI=1S/C30H15NO4/c32-28-18-11-3-1-9-16(18)26-24(28)23(25-27(31-26)17-10-2-4-12-19(17)29(25)33)20-13-5-7-15-8-6-14-21(22(15)20)30(34)35/h1-14H,(H,34,35)/p-1. The van der Waals surface area contributed by atoms with Crippen LogP contribution in [0.1, 0.15) is 10.4 Å². The number of aromatic nitrogens is 1. The van der Waals surface area contributed by atoms with Gasteiger partial charge in [-0.25, -0.2) is 4.98 Å². The Labute approximate surface area is 197 Å². The molecular formula is C30H14NO4-. The molecule has 0 saturated heterocycles. The molecule has 5 heteroatoms. The largest absolute Gasteiger partial charge is 0.545 e. The van der Waals surface area contributed by atoms with Gasteiger partial charge in [0.25, 0.3) is 0 Å². The first-order chi connectivity index (χ1) is 17.1. The summed E-state index contributed by atoms with van der Waals surface area (Å²) in [7, 11) is 0.